The second-order valence-electron chi connectivity index (χ2n) is 6.53. The number of ether oxygens (including phenoxy) is 1. The number of hydrogen-bond donors (Lipinski definition) is 1. The van der Waals surface area contributed by atoms with Gasteiger partial charge in [-0.25, -0.2) is 0 Å². The second-order valence-corrected chi connectivity index (χ2v) is 6.53. The van der Waals surface area contributed by atoms with Crippen molar-refractivity contribution in [2.75, 3.05) is 13.7 Å². The van der Waals surface area contributed by atoms with E-state index < -0.39 is 0 Å². The zero-order valence-corrected chi connectivity index (χ0v) is 11.3. The number of methoxy groups -OCH3 is 1. The molecule has 0 rings (SSSR count). The average molecular weight is 216 g/mol. The van der Waals surface area contributed by atoms with Gasteiger partial charge in [-0.05, 0) is 30.1 Å². The molecule has 0 spiro atoms. The fourth-order valence-corrected chi connectivity index (χ4v) is 1.90. The van der Waals surface area contributed by atoms with Gasteiger partial charge in [0.25, 0.3) is 0 Å². The monoisotopic (exact) mass is 216 g/mol. The van der Waals surface area contributed by atoms with Crippen molar-refractivity contribution in [2.24, 2.45) is 10.8 Å². The van der Waals surface area contributed by atoms with E-state index in [1.54, 1.807) is 7.11 Å². The van der Waals surface area contributed by atoms with Crippen molar-refractivity contribution in [3.05, 3.63) is 0 Å². The predicted octanol–water partition coefficient (Wildman–Crippen LogP) is 3.24. The molecule has 1 unspecified atom stereocenters. The van der Waals surface area contributed by atoms with E-state index in [9.17, 15) is 5.11 Å². The first kappa shape index (κ1) is 14.9. The van der Waals surface area contributed by atoms with Gasteiger partial charge in [-0.15, -0.1) is 0 Å². The zero-order valence-electron chi connectivity index (χ0n) is 11.3. The summed E-state index contributed by atoms with van der Waals surface area (Å²) in [5.41, 5.74) is 0.372. The van der Waals surface area contributed by atoms with Crippen LogP contribution in [0.5, 0.6) is 0 Å². The van der Waals surface area contributed by atoms with E-state index in [2.05, 4.69) is 34.6 Å². The first-order valence-electron chi connectivity index (χ1n) is 5.83. The Kier molecular flexibility index (Phi) is 5.82. The maximum Gasteiger partial charge on any atom is 0.0550 e. The Morgan fingerprint density at radius 3 is 2.00 bits per heavy atom. The summed E-state index contributed by atoms with van der Waals surface area (Å²) in [6, 6.07) is 0. The van der Waals surface area contributed by atoms with Gasteiger partial charge in [0.1, 0.15) is 0 Å². The minimum atomic E-state index is -0.197. The molecule has 0 aromatic carbocycles. The first-order chi connectivity index (χ1) is 6.66. The highest BCUT2D eigenvalue weighted by Crippen LogP contribution is 2.31. The van der Waals surface area contributed by atoms with Crippen LogP contribution in [-0.4, -0.2) is 24.9 Å². The third-order valence-corrected chi connectivity index (χ3v) is 2.62. The van der Waals surface area contributed by atoms with E-state index in [1.165, 1.54) is 0 Å². The van der Waals surface area contributed by atoms with E-state index in [0.717, 1.165) is 25.9 Å². The van der Waals surface area contributed by atoms with E-state index in [4.69, 9.17) is 4.74 Å². The van der Waals surface area contributed by atoms with E-state index in [0.29, 0.717) is 0 Å². The summed E-state index contributed by atoms with van der Waals surface area (Å²) in [5.74, 6) is 0. The zero-order chi connectivity index (χ0) is 12.1. The molecule has 0 saturated heterocycles. The predicted molar refractivity (Wildman–Crippen MR) is 65.0 cm³/mol. The Morgan fingerprint density at radius 1 is 1.07 bits per heavy atom. The molecule has 0 aliphatic rings. The molecule has 0 saturated carbocycles. The van der Waals surface area contributed by atoms with Crippen LogP contribution in [0.25, 0.3) is 0 Å². The minimum Gasteiger partial charge on any atom is -0.393 e. The molecule has 2 heteroatoms. The lowest BCUT2D eigenvalue weighted by Gasteiger charge is -2.30. The highest BCUT2D eigenvalue weighted by atomic mass is 16.5. The van der Waals surface area contributed by atoms with Crippen LogP contribution in [0.2, 0.25) is 0 Å². The molecule has 0 aromatic rings. The number of aliphatic hydroxyl groups excluding tert-OH is 1. The van der Waals surface area contributed by atoms with Gasteiger partial charge < -0.3 is 9.84 Å². The first-order valence-corrected chi connectivity index (χ1v) is 5.83. The van der Waals surface area contributed by atoms with Gasteiger partial charge in [-0.1, -0.05) is 34.6 Å². The molecular formula is C13H28O2. The van der Waals surface area contributed by atoms with Crippen molar-refractivity contribution in [1.29, 1.82) is 0 Å². The van der Waals surface area contributed by atoms with Crippen molar-refractivity contribution in [1.82, 2.24) is 0 Å². The summed E-state index contributed by atoms with van der Waals surface area (Å²) < 4.78 is 5.08. The summed E-state index contributed by atoms with van der Waals surface area (Å²) in [6.07, 6.45) is 2.53. The van der Waals surface area contributed by atoms with Crippen molar-refractivity contribution in [3.63, 3.8) is 0 Å². The summed E-state index contributed by atoms with van der Waals surface area (Å²) in [4.78, 5) is 0. The molecule has 0 aliphatic heterocycles. The fourth-order valence-electron chi connectivity index (χ4n) is 1.90. The van der Waals surface area contributed by atoms with Gasteiger partial charge in [0, 0.05) is 13.7 Å². The van der Waals surface area contributed by atoms with Crippen LogP contribution in [0, 0.1) is 10.8 Å². The molecule has 2 nitrogen and oxygen atoms in total. The van der Waals surface area contributed by atoms with Crippen LogP contribution in [0.4, 0.5) is 0 Å². The highest BCUT2D eigenvalue weighted by Gasteiger charge is 2.25. The molecule has 0 radical (unpaired) electrons. The van der Waals surface area contributed by atoms with Crippen molar-refractivity contribution >= 4 is 0 Å². The Bertz CT molecular complexity index is 168. The largest absolute Gasteiger partial charge is 0.393 e. The Balaban J connectivity index is 3.98. The maximum atomic E-state index is 9.98. The van der Waals surface area contributed by atoms with Crippen LogP contribution in [0.15, 0.2) is 0 Å². The number of hydrogen-bond acceptors (Lipinski definition) is 2. The van der Waals surface area contributed by atoms with E-state index in [1.807, 2.05) is 0 Å². The molecule has 0 amide bonds. The lowest BCUT2D eigenvalue weighted by molar-refractivity contribution is 0.0598. The van der Waals surface area contributed by atoms with Gasteiger partial charge in [0.2, 0.25) is 0 Å². The van der Waals surface area contributed by atoms with Gasteiger partial charge >= 0.3 is 0 Å². The minimum absolute atomic E-state index is 0.167. The van der Waals surface area contributed by atoms with Gasteiger partial charge in [-0.2, -0.15) is 0 Å². The normalized spacial score (nSPS) is 15.4. The molecule has 1 N–H and O–H groups in total. The summed E-state index contributed by atoms with van der Waals surface area (Å²) in [6.45, 7) is 11.7. The van der Waals surface area contributed by atoms with Crippen LogP contribution < -0.4 is 0 Å². The molecule has 0 bridgehead atoms. The summed E-state index contributed by atoms with van der Waals surface area (Å²) in [5, 5.41) is 9.98. The van der Waals surface area contributed by atoms with Crippen LogP contribution in [0.3, 0.4) is 0 Å². The Morgan fingerprint density at radius 2 is 1.60 bits per heavy atom. The van der Waals surface area contributed by atoms with Crippen molar-refractivity contribution in [2.45, 2.75) is 60.0 Å². The third-order valence-electron chi connectivity index (χ3n) is 2.62. The van der Waals surface area contributed by atoms with Crippen LogP contribution >= 0.6 is 0 Å². The SMILES string of the molecule is COCCC(C)(C)CC(O)CC(C)(C)C. The Labute approximate surface area is 95.0 Å². The van der Waals surface area contributed by atoms with Gasteiger partial charge in [0.15, 0.2) is 0 Å². The van der Waals surface area contributed by atoms with E-state index in [-0.39, 0.29) is 16.9 Å². The Hall–Kier alpha value is -0.0800. The highest BCUT2D eigenvalue weighted by molar-refractivity contribution is 4.76. The molecule has 15 heavy (non-hydrogen) atoms. The molecule has 0 fully saturated rings. The van der Waals surface area contributed by atoms with Gasteiger partial charge in [-0.3, -0.25) is 0 Å². The topological polar surface area (TPSA) is 29.5 Å². The average Bonchev–Trinajstić information content (AvgIpc) is 1.95. The third kappa shape index (κ3) is 8.88. The molecule has 92 valence electrons. The van der Waals surface area contributed by atoms with Crippen molar-refractivity contribution < 1.29 is 9.84 Å². The smallest absolute Gasteiger partial charge is 0.0550 e. The van der Waals surface area contributed by atoms with E-state index >= 15 is 0 Å². The lowest BCUT2D eigenvalue weighted by atomic mass is 9.79. The number of aliphatic hydroxyl groups is 1. The number of rotatable bonds is 6. The quantitative estimate of drug-likeness (QED) is 0.738. The maximum absolute atomic E-state index is 9.98. The molecular weight excluding hydrogens is 188 g/mol. The fraction of sp³-hybridized carbons (Fsp3) is 1.00. The molecule has 0 heterocycles. The standard InChI is InChI=1S/C13H28O2/c1-12(2,3)9-11(14)10-13(4,5)7-8-15-6/h11,14H,7-10H2,1-6H3. The molecule has 1 atom stereocenters. The van der Waals surface area contributed by atoms with Crippen molar-refractivity contribution in [3.8, 4) is 0 Å². The van der Waals surface area contributed by atoms with Gasteiger partial charge in [0.05, 0.1) is 6.10 Å². The second kappa shape index (κ2) is 5.86. The summed E-state index contributed by atoms with van der Waals surface area (Å²) in [7, 11) is 1.72. The van der Waals surface area contributed by atoms with Crippen LogP contribution in [-0.2, 0) is 4.74 Å². The lowest BCUT2D eigenvalue weighted by Crippen LogP contribution is -2.25. The molecule has 0 aliphatic carbocycles. The summed E-state index contributed by atoms with van der Waals surface area (Å²) >= 11 is 0. The molecule has 0 aromatic heterocycles. The van der Waals surface area contributed by atoms with Crippen LogP contribution in [0.1, 0.15) is 53.9 Å².